The predicted molar refractivity (Wildman–Crippen MR) is 66.5 cm³/mol. The standard InChI is InChI=1S/C13H27NO2/c1-12(2)7-5-6-11(12)14-10-13(3,15)8-9-16-4/h11,14-15H,5-10H2,1-4H3. The van der Waals surface area contributed by atoms with Gasteiger partial charge in [0, 0.05) is 32.7 Å². The van der Waals surface area contributed by atoms with Gasteiger partial charge < -0.3 is 15.2 Å². The molecule has 2 unspecified atom stereocenters. The molecule has 96 valence electrons. The molecule has 0 heterocycles. The van der Waals surface area contributed by atoms with Gasteiger partial charge in [-0.25, -0.2) is 0 Å². The van der Waals surface area contributed by atoms with Crippen molar-refractivity contribution >= 4 is 0 Å². The van der Waals surface area contributed by atoms with E-state index in [-0.39, 0.29) is 0 Å². The molecular formula is C13H27NO2. The first-order valence-electron chi connectivity index (χ1n) is 6.32. The lowest BCUT2D eigenvalue weighted by Gasteiger charge is -2.32. The summed E-state index contributed by atoms with van der Waals surface area (Å²) in [5.74, 6) is 0. The van der Waals surface area contributed by atoms with Gasteiger partial charge in [-0.3, -0.25) is 0 Å². The quantitative estimate of drug-likeness (QED) is 0.731. The minimum Gasteiger partial charge on any atom is -0.389 e. The molecule has 0 amide bonds. The van der Waals surface area contributed by atoms with Crippen molar-refractivity contribution in [2.24, 2.45) is 5.41 Å². The third-order valence-corrected chi connectivity index (χ3v) is 3.83. The van der Waals surface area contributed by atoms with Crippen LogP contribution in [0.15, 0.2) is 0 Å². The van der Waals surface area contributed by atoms with Gasteiger partial charge in [0.1, 0.15) is 0 Å². The number of ether oxygens (including phenoxy) is 1. The number of methoxy groups -OCH3 is 1. The zero-order chi connectivity index (χ0) is 12.2. The normalized spacial score (nSPS) is 27.9. The number of rotatable bonds is 6. The van der Waals surface area contributed by atoms with E-state index in [0.29, 0.717) is 31.0 Å². The molecule has 0 spiro atoms. The lowest BCUT2D eigenvalue weighted by molar-refractivity contribution is 0.0200. The Morgan fingerprint density at radius 2 is 2.19 bits per heavy atom. The summed E-state index contributed by atoms with van der Waals surface area (Å²) in [5.41, 5.74) is -0.286. The molecule has 2 atom stereocenters. The molecule has 0 aromatic heterocycles. The van der Waals surface area contributed by atoms with E-state index < -0.39 is 5.60 Å². The maximum absolute atomic E-state index is 10.1. The van der Waals surface area contributed by atoms with E-state index in [9.17, 15) is 5.11 Å². The molecule has 16 heavy (non-hydrogen) atoms. The Morgan fingerprint density at radius 1 is 1.50 bits per heavy atom. The van der Waals surface area contributed by atoms with Crippen LogP contribution in [0, 0.1) is 5.41 Å². The van der Waals surface area contributed by atoms with E-state index in [1.54, 1.807) is 7.11 Å². The third-order valence-electron chi connectivity index (χ3n) is 3.83. The predicted octanol–water partition coefficient (Wildman–Crippen LogP) is 1.94. The smallest absolute Gasteiger partial charge is 0.0765 e. The molecule has 0 aliphatic heterocycles. The fourth-order valence-electron chi connectivity index (χ4n) is 2.46. The number of nitrogens with one attached hydrogen (secondary N) is 1. The second-order valence-electron chi connectivity index (χ2n) is 6.05. The summed E-state index contributed by atoms with van der Waals surface area (Å²) in [6, 6.07) is 0.543. The first-order valence-corrected chi connectivity index (χ1v) is 6.32. The van der Waals surface area contributed by atoms with Gasteiger partial charge in [0.15, 0.2) is 0 Å². The summed E-state index contributed by atoms with van der Waals surface area (Å²) >= 11 is 0. The molecule has 0 aromatic rings. The second-order valence-corrected chi connectivity index (χ2v) is 6.05. The highest BCUT2D eigenvalue weighted by atomic mass is 16.5. The first kappa shape index (κ1) is 13.9. The molecule has 1 aliphatic carbocycles. The highest BCUT2D eigenvalue weighted by Crippen LogP contribution is 2.37. The van der Waals surface area contributed by atoms with Crippen LogP contribution in [0.2, 0.25) is 0 Å². The SMILES string of the molecule is COCCC(C)(O)CNC1CCCC1(C)C. The van der Waals surface area contributed by atoms with Gasteiger partial charge in [0.25, 0.3) is 0 Å². The van der Waals surface area contributed by atoms with Crippen LogP contribution in [-0.4, -0.2) is 37.0 Å². The first-order chi connectivity index (χ1) is 7.37. The molecule has 2 N–H and O–H groups in total. The van der Waals surface area contributed by atoms with Crippen molar-refractivity contribution in [3.8, 4) is 0 Å². The Kier molecular flexibility index (Phi) is 4.77. The van der Waals surface area contributed by atoms with Crippen molar-refractivity contribution in [1.29, 1.82) is 0 Å². The monoisotopic (exact) mass is 229 g/mol. The number of aliphatic hydroxyl groups is 1. The lowest BCUT2D eigenvalue weighted by Crippen LogP contribution is -2.46. The summed E-state index contributed by atoms with van der Waals surface area (Å²) in [5, 5.41) is 13.6. The maximum Gasteiger partial charge on any atom is 0.0765 e. The molecule has 0 bridgehead atoms. The Morgan fingerprint density at radius 3 is 2.69 bits per heavy atom. The van der Waals surface area contributed by atoms with Crippen LogP contribution in [-0.2, 0) is 4.74 Å². The Bertz CT molecular complexity index is 214. The van der Waals surface area contributed by atoms with E-state index >= 15 is 0 Å². The summed E-state index contributed by atoms with van der Waals surface area (Å²) in [4.78, 5) is 0. The molecule has 1 aliphatic rings. The highest BCUT2D eigenvalue weighted by Gasteiger charge is 2.35. The number of hydrogen-bond acceptors (Lipinski definition) is 3. The van der Waals surface area contributed by atoms with Crippen molar-refractivity contribution < 1.29 is 9.84 Å². The van der Waals surface area contributed by atoms with Crippen LogP contribution in [0.25, 0.3) is 0 Å². The van der Waals surface area contributed by atoms with Crippen LogP contribution in [0.1, 0.15) is 46.5 Å². The number of hydrogen-bond donors (Lipinski definition) is 2. The van der Waals surface area contributed by atoms with E-state index in [1.165, 1.54) is 19.3 Å². The summed E-state index contributed by atoms with van der Waals surface area (Å²) < 4.78 is 5.00. The fourth-order valence-corrected chi connectivity index (χ4v) is 2.46. The van der Waals surface area contributed by atoms with Gasteiger partial charge >= 0.3 is 0 Å². The molecule has 1 fully saturated rings. The van der Waals surface area contributed by atoms with Crippen LogP contribution >= 0.6 is 0 Å². The van der Waals surface area contributed by atoms with E-state index in [2.05, 4.69) is 19.2 Å². The van der Waals surface area contributed by atoms with Crippen molar-refractivity contribution in [2.45, 2.75) is 58.1 Å². The van der Waals surface area contributed by atoms with E-state index in [1.807, 2.05) is 6.92 Å². The average Bonchev–Trinajstić information content (AvgIpc) is 2.52. The summed E-state index contributed by atoms with van der Waals surface area (Å²) in [6.07, 6.45) is 4.49. The van der Waals surface area contributed by atoms with Crippen molar-refractivity contribution in [3.05, 3.63) is 0 Å². The van der Waals surface area contributed by atoms with Crippen molar-refractivity contribution in [3.63, 3.8) is 0 Å². The van der Waals surface area contributed by atoms with Gasteiger partial charge in [-0.2, -0.15) is 0 Å². The highest BCUT2D eigenvalue weighted by molar-refractivity contribution is 4.91. The molecule has 3 heteroatoms. The van der Waals surface area contributed by atoms with Crippen LogP contribution < -0.4 is 5.32 Å². The summed E-state index contributed by atoms with van der Waals surface area (Å²) in [6.45, 7) is 7.76. The van der Waals surface area contributed by atoms with Crippen LogP contribution in [0.4, 0.5) is 0 Å². The Hall–Kier alpha value is -0.120. The van der Waals surface area contributed by atoms with Gasteiger partial charge in [-0.05, 0) is 25.2 Å². The minimum atomic E-state index is -0.658. The van der Waals surface area contributed by atoms with Crippen molar-refractivity contribution in [2.75, 3.05) is 20.3 Å². The fraction of sp³-hybridized carbons (Fsp3) is 1.00. The van der Waals surface area contributed by atoms with Crippen LogP contribution in [0.5, 0.6) is 0 Å². The van der Waals surface area contributed by atoms with E-state index in [0.717, 1.165) is 0 Å². The molecule has 1 rings (SSSR count). The molecule has 1 saturated carbocycles. The van der Waals surface area contributed by atoms with Gasteiger partial charge in [-0.15, -0.1) is 0 Å². The van der Waals surface area contributed by atoms with Crippen LogP contribution in [0.3, 0.4) is 0 Å². The van der Waals surface area contributed by atoms with Gasteiger partial charge in [0.05, 0.1) is 5.60 Å². The zero-order valence-corrected chi connectivity index (χ0v) is 11.2. The largest absolute Gasteiger partial charge is 0.389 e. The Balaban J connectivity index is 2.33. The molecule has 0 radical (unpaired) electrons. The van der Waals surface area contributed by atoms with E-state index in [4.69, 9.17) is 4.74 Å². The zero-order valence-electron chi connectivity index (χ0n) is 11.2. The topological polar surface area (TPSA) is 41.5 Å². The summed E-state index contributed by atoms with van der Waals surface area (Å²) in [7, 11) is 1.67. The molecular weight excluding hydrogens is 202 g/mol. The average molecular weight is 229 g/mol. The Labute approximate surface area is 99.6 Å². The van der Waals surface area contributed by atoms with Gasteiger partial charge in [0.2, 0.25) is 0 Å². The maximum atomic E-state index is 10.1. The minimum absolute atomic E-state index is 0.372. The van der Waals surface area contributed by atoms with Gasteiger partial charge in [-0.1, -0.05) is 20.3 Å². The second kappa shape index (κ2) is 5.48. The third kappa shape index (κ3) is 4.04. The molecule has 0 saturated heterocycles. The molecule has 3 nitrogen and oxygen atoms in total. The van der Waals surface area contributed by atoms with Crippen molar-refractivity contribution in [1.82, 2.24) is 5.32 Å². The lowest BCUT2D eigenvalue weighted by atomic mass is 9.87. The molecule has 0 aromatic carbocycles.